The molecule has 1 aliphatic rings. The summed E-state index contributed by atoms with van der Waals surface area (Å²) in [7, 11) is 1.42. The van der Waals surface area contributed by atoms with Gasteiger partial charge < -0.3 is 5.32 Å². The molecular weight excluding hydrogens is 144 g/mol. The summed E-state index contributed by atoms with van der Waals surface area (Å²) in [4.78, 5) is 15.4. The average Bonchev–Trinajstić information content (AvgIpc) is 1.85. The van der Waals surface area contributed by atoms with Crippen LogP contribution in [0.1, 0.15) is 26.2 Å². The Morgan fingerprint density at radius 3 is 2.55 bits per heavy atom. The third-order valence-corrected chi connectivity index (χ3v) is 2.07. The molecular formula is C7H14N2O2. The van der Waals surface area contributed by atoms with Crippen molar-refractivity contribution < 1.29 is 9.63 Å². The van der Waals surface area contributed by atoms with Gasteiger partial charge in [-0.2, -0.15) is 0 Å². The molecule has 1 rings (SSSR count). The molecule has 0 spiro atoms. The van der Waals surface area contributed by atoms with Crippen LogP contribution in [0.2, 0.25) is 0 Å². The van der Waals surface area contributed by atoms with Crippen LogP contribution in [-0.2, 0) is 4.84 Å². The maximum Gasteiger partial charge on any atom is 0.339 e. The number of carbonyl (C=O) groups excluding carboxylic acids is 1. The molecule has 1 aliphatic carbocycles. The number of amides is 2. The minimum absolute atomic E-state index is 0.00259. The third kappa shape index (κ3) is 2.08. The summed E-state index contributed by atoms with van der Waals surface area (Å²) in [5, 5.41) is 2.82. The zero-order valence-electron chi connectivity index (χ0n) is 6.94. The van der Waals surface area contributed by atoms with E-state index in [1.54, 1.807) is 0 Å². The zero-order valence-corrected chi connectivity index (χ0v) is 6.94. The Kier molecular flexibility index (Phi) is 2.34. The smallest absolute Gasteiger partial charge is 0.331 e. The highest BCUT2D eigenvalue weighted by Crippen LogP contribution is 2.30. The quantitative estimate of drug-likeness (QED) is 0.584. The molecule has 0 bridgehead atoms. The summed E-state index contributed by atoms with van der Waals surface area (Å²) >= 11 is 0. The Bertz CT molecular complexity index is 155. The first kappa shape index (κ1) is 8.33. The SMILES string of the molecule is CONC(=O)NC1(C)CCC1. The molecule has 2 N–H and O–H groups in total. The number of carbonyl (C=O) groups is 1. The molecule has 2 amide bonds. The van der Waals surface area contributed by atoms with Gasteiger partial charge in [-0.25, -0.2) is 10.3 Å². The van der Waals surface area contributed by atoms with Crippen molar-refractivity contribution >= 4 is 6.03 Å². The number of hydroxylamine groups is 1. The van der Waals surface area contributed by atoms with E-state index in [0.717, 1.165) is 12.8 Å². The summed E-state index contributed by atoms with van der Waals surface area (Å²) in [5.74, 6) is 0. The van der Waals surface area contributed by atoms with Gasteiger partial charge in [0, 0.05) is 5.54 Å². The van der Waals surface area contributed by atoms with Gasteiger partial charge >= 0.3 is 6.03 Å². The predicted molar refractivity (Wildman–Crippen MR) is 40.9 cm³/mol. The monoisotopic (exact) mass is 158 g/mol. The van der Waals surface area contributed by atoms with Gasteiger partial charge in [0.05, 0.1) is 7.11 Å². The molecule has 1 fully saturated rings. The Hall–Kier alpha value is -0.770. The summed E-state index contributed by atoms with van der Waals surface area (Å²) in [6.07, 6.45) is 3.32. The van der Waals surface area contributed by atoms with E-state index in [1.807, 2.05) is 6.92 Å². The van der Waals surface area contributed by atoms with E-state index in [0.29, 0.717) is 0 Å². The van der Waals surface area contributed by atoms with Crippen LogP contribution in [0.5, 0.6) is 0 Å². The first-order chi connectivity index (χ1) is 5.16. The van der Waals surface area contributed by atoms with E-state index in [4.69, 9.17) is 0 Å². The molecule has 0 aromatic rings. The normalized spacial score (nSPS) is 20.2. The van der Waals surface area contributed by atoms with Gasteiger partial charge in [0.15, 0.2) is 0 Å². The lowest BCUT2D eigenvalue weighted by atomic mass is 9.79. The lowest BCUT2D eigenvalue weighted by molar-refractivity contribution is 0.0960. The van der Waals surface area contributed by atoms with Crippen molar-refractivity contribution in [3.63, 3.8) is 0 Å². The molecule has 0 saturated heterocycles. The van der Waals surface area contributed by atoms with Crippen molar-refractivity contribution in [2.24, 2.45) is 0 Å². The highest BCUT2D eigenvalue weighted by molar-refractivity contribution is 5.73. The highest BCUT2D eigenvalue weighted by Gasteiger charge is 2.32. The molecule has 1 saturated carbocycles. The number of hydrogen-bond acceptors (Lipinski definition) is 2. The van der Waals surface area contributed by atoms with Gasteiger partial charge in [-0.05, 0) is 26.2 Å². The van der Waals surface area contributed by atoms with Crippen molar-refractivity contribution in [2.75, 3.05) is 7.11 Å². The van der Waals surface area contributed by atoms with Gasteiger partial charge in [0.25, 0.3) is 0 Å². The number of urea groups is 1. The predicted octanol–water partition coefficient (Wildman–Crippen LogP) is 0.790. The molecule has 0 aromatic heterocycles. The lowest BCUT2D eigenvalue weighted by Gasteiger charge is -2.38. The number of nitrogens with one attached hydrogen (secondary N) is 2. The molecule has 0 radical (unpaired) electrons. The third-order valence-electron chi connectivity index (χ3n) is 2.07. The molecule has 64 valence electrons. The molecule has 4 heteroatoms. The minimum atomic E-state index is -0.255. The molecule has 0 unspecified atom stereocenters. The van der Waals surface area contributed by atoms with Crippen LogP contribution in [0, 0.1) is 0 Å². The topological polar surface area (TPSA) is 50.4 Å². The summed E-state index contributed by atoms with van der Waals surface area (Å²) in [5.41, 5.74) is 2.22. The minimum Gasteiger partial charge on any atom is -0.331 e. The van der Waals surface area contributed by atoms with Crippen LogP contribution in [0.25, 0.3) is 0 Å². The highest BCUT2D eigenvalue weighted by atomic mass is 16.6. The summed E-state index contributed by atoms with van der Waals surface area (Å²) < 4.78 is 0. The molecule has 0 aromatic carbocycles. The van der Waals surface area contributed by atoms with Crippen molar-refractivity contribution in [1.29, 1.82) is 0 Å². The Morgan fingerprint density at radius 1 is 1.55 bits per heavy atom. The van der Waals surface area contributed by atoms with Gasteiger partial charge in [-0.3, -0.25) is 4.84 Å². The van der Waals surface area contributed by atoms with Crippen LogP contribution < -0.4 is 10.8 Å². The van der Waals surface area contributed by atoms with Crippen molar-refractivity contribution in [3.8, 4) is 0 Å². The fourth-order valence-electron chi connectivity index (χ4n) is 1.22. The van der Waals surface area contributed by atoms with Crippen molar-refractivity contribution in [3.05, 3.63) is 0 Å². The summed E-state index contributed by atoms with van der Waals surface area (Å²) in [6.45, 7) is 2.03. The molecule has 0 atom stereocenters. The second-order valence-corrected chi connectivity index (χ2v) is 3.17. The van der Waals surface area contributed by atoms with Crippen LogP contribution in [0.4, 0.5) is 4.79 Å². The van der Waals surface area contributed by atoms with Gasteiger partial charge in [0.1, 0.15) is 0 Å². The van der Waals surface area contributed by atoms with Gasteiger partial charge in [-0.15, -0.1) is 0 Å². The van der Waals surface area contributed by atoms with Gasteiger partial charge in [0.2, 0.25) is 0 Å². The maximum absolute atomic E-state index is 10.9. The molecule has 4 nitrogen and oxygen atoms in total. The average molecular weight is 158 g/mol. The largest absolute Gasteiger partial charge is 0.339 e. The number of rotatable bonds is 2. The van der Waals surface area contributed by atoms with Crippen LogP contribution in [0.3, 0.4) is 0 Å². The Balaban J connectivity index is 2.23. The lowest BCUT2D eigenvalue weighted by Crippen LogP contribution is -2.53. The second kappa shape index (κ2) is 3.09. The fraction of sp³-hybridized carbons (Fsp3) is 0.857. The van der Waals surface area contributed by atoms with Crippen LogP contribution >= 0.6 is 0 Å². The van der Waals surface area contributed by atoms with Crippen LogP contribution in [-0.4, -0.2) is 18.7 Å². The molecule has 0 heterocycles. The van der Waals surface area contributed by atoms with E-state index in [1.165, 1.54) is 13.5 Å². The standard InChI is InChI=1S/C7H14N2O2/c1-7(4-3-5-7)8-6(10)9-11-2/h3-5H2,1-2H3,(H2,8,9,10). The van der Waals surface area contributed by atoms with E-state index < -0.39 is 0 Å². The van der Waals surface area contributed by atoms with E-state index in [9.17, 15) is 4.79 Å². The van der Waals surface area contributed by atoms with E-state index in [2.05, 4.69) is 15.6 Å². The van der Waals surface area contributed by atoms with E-state index >= 15 is 0 Å². The Labute approximate surface area is 66.3 Å². The van der Waals surface area contributed by atoms with Crippen LogP contribution in [0.15, 0.2) is 0 Å². The molecule has 11 heavy (non-hydrogen) atoms. The van der Waals surface area contributed by atoms with Crippen molar-refractivity contribution in [2.45, 2.75) is 31.7 Å². The Morgan fingerprint density at radius 2 is 2.18 bits per heavy atom. The number of hydrogen-bond donors (Lipinski definition) is 2. The van der Waals surface area contributed by atoms with E-state index in [-0.39, 0.29) is 11.6 Å². The first-order valence-corrected chi connectivity index (χ1v) is 3.77. The zero-order chi connectivity index (χ0) is 8.32. The second-order valence-electron chi connectivity index (χ2n) is 3.17. The maximum atomic E-state index is 10.9. The fourth-order valence-corrected chi connectivity index (χ4v) is 1.22. The van der Waals surface area contributed by atoms with Crippen molar-refractivity contribution in [1.82, 2.24) is 10.8 Å². The summed E-state index contributed by atoms with van der Waals surface area (Å²) in [6, 6.07) is -0.255. The molecule has 0 aliphatic heterocycles. The first-order valence-electron chi connectivity index (χ1n) is 3.77. The van der Waals surface area contributed by atoms with Gasteiger partial charge in [-0.1, -0.05) is 0 Å².